The summed E-state index contributed by atoms with van der Waals surface area (Å²) in [6.07, 6.45) is 0.653. The van der Waals surface area contributed by atoms with Crippen LogP contribution in [0.1, 0.15) is 10.4 Å². The number of rotatable bonds is 5. The third kappa shape index (κ3) is 2.69. The number of ether oxygens (including phenoxy) is 2. The number of methoxy groups -OCH3 is 2. The third-order valence-electron chi connectivity index (χ3n) is 3.03. The molecule has 0 aliphatic heterocycles. The third-order valence-corrected chi connectivity index (χ3v) is 3.03. The van der Waals surface area contributed by atoms with Crippen molar-refractivity contribution in [3.05, 3.63) is 52.1 Å². The molecule has 0 radical (unpaired) electrons. The van der Waals surface area contributed by atoms with Crippen molar-refractivity contribution in [2.45, 2.75) is 0 Å². The minimum atomic E-state index is -0.477. The van der Waals surface area contributed by atoms with Crippen LogP contribution in [-0.4, -0.2) is 25.4 Å². The molecule has 2 aromatic carbocycles. The van der Waals surface area contributed by atoms with Gasteiger partial charge in [-0.25, -0.2) is 0 Å². The lowest BCUT2D eigenvalue weighted by atomic mass is 10.00. The van der Waals surface area contributed by atoms with Crippen molar-refractivity contribution in [3.63, 3.8) is 0 Å². The van der Waals surface area contributed by atoms with E-state index in [1.54, 1.807) is 18.2 Å². The summed E-state index contributed by atoms with van der Waals surface area (Å²) in [5.41, 5.74) is 1.08. The molecule has 21 heavy (non-hydrogen) atoms. The van der Waals surface area contributed by atoms with E-state index < -0.39 is 4.92 Å². The molecule has 0 aliphatic carbocycles. The van der Waals surface area contributed by atoms with Gasteiger partial charge in [-0.15, -0.1) is 0 Å². The molecule has 0 aromatic heterocycles. The van der Waals surface area contributed by atoms with Crippen molar-refractivity contribution in [3.8, 4) is 22.6 Å². The van der Waals surface area contributed by atoms with Gasteiger partial charge >= 0.3 is 0 Å². The maximum absolute atomic E-state index is 11.2. The molecular formula is C15H13NO5. The summed E-state index contributed by atoms with van der Waals surface area (Å²) in [5.74, 6) is 0.688. The minimum Gasteiger partial charge on any atom is -0.493 e. The normalized spacial score (nSPS) is 10.0. The molecule has 0 amide bonds. The second kappa shape index (κ2) is 6.04. The van der Waals surface area contributed by atoms with Gasteiger partial charge in [0.25, 0.3) is 5.69 Å². The van der Waals surface area contributed by atoms with E-state index in [0.717, 1.165) is 0 Å². The number of nitrogens with zero attached hydrogens (tertiary/aromatic N) is 1. The SMILES string of the molecule is COc1cc(C=O)cc(-c2ccccc2[N+](=O)[O-])c1OC. The largest absolute Gasteiger partial charge is 0.493 e. The highest BCUT2D eigenvalue weighted by molar-refractivity contribution is 5.86. The Bertz CT molecular complexity index is 696. The lowest BCUT2D eigenvalue weighted by Gasteiger charge is -2.14. The first-order valence-electron chi connectivity index (χ1n) is 6.07. The first kappa shape index (κ1) is 14.5. The molecular weight excluding hydrogens is 274 g/mol. The highest BCUT2D eigenvalue weighted by Gasteiger charge is 2.21. The predicted molar refractivity (Wildman–Crippen MR) is 77.0 cm³/mol. The van der Waals surface area contributed by atoms with Gasteiger partial charge in [0.05, 0.1) is 24.7 Å². The molecule has 0 N–H and O–H groups in total. The van der Waals surface area contributed by atoms with Crippen LogP contribution in [0.15, 0.2) is 36.4 Å². The number of carbonyl (C=O) groups is 1. The number of hydrogen-bond acceptors (Lipinski definition) is 5. The molecule has 6 nitrogen and oxygen atoms in total. The van der Waals surface area contributed by atoms with E-state index in [1.807, 2.05) is 0 Å². The Balaban J connectivity index is 2.79. The van der Waals surface area contributed by atoms with Crippen LogP contribution >= 0.6 is 0 Å². The summed E-state index contributed by atoms with van der Waals surface area (Å²) < 4.78 is 10.5. The zero-order chi connectivity index (χ0) is 15.4. The maximum atomic E-state index is 11.2. The molecule has 0 fully saturated rings. The minimum absolute atomic E-state index is 0.0686. The van der Waals surface area contributed by atoms with E-state index in [9.17, 15) is 14.9 Å². The Labute approximate surface area is 121 Å². The summed E-state index contributed by atoms with van der Waals surface area (Å²) in [7, 11) is 2.88. The Kier molecular flexibility index (Phi) is 4.18. The van der Waals surface area contributed by atoms with Crippen LogP contribution in [-0.2, 0) is 0 Å². The van der Waals surface area contributed by atoms with E-state index in [-0.39, 0.29) is 5.69 Å². The van der Waals surface area contributed by atoms with Crippen LogP contribution in [0.4, 0.5) is 5.69 Å². The van der Waals surface area contributed by atoms with Crippen LogP contribution in [0.25, 0.3) is 11.1 Å². The van der Waals surface area contributed by atoms with Gasteiger partial charge in [0, 0.05) is 17.2 Å². The zero-order valence-electron chi connectivity index (χ0n) is 11.5. The van der Waals surface area contributed by atoms with E-state index in [1.165, 1.54) is 32.4 Å². The fraction of sp³-hybridized carbons (Fsp3) is 0.133. The fourth-order valence-electron chi connectivity index (χ4n) is 2.11. The van der Waals surface area contributed by atoms with Gasteiger partial charge in [-0.3, -0.25) is 14.9 Å². The maximum Gasteiger partial charge on any atom is 0.277 e. The van der Waals surface area contributed by atoms with Crippen LogP contribution in [0.5, 0.6) is 11.5 Å². The van der Waals surface area contributed by atoms with Gasteiger partial charge in [0.1, 0.15) is 6.29 Å². The van der Waals surface area contributed by atoms with Gasteiger partial charge < -0.3 is 9.47 Å². The molecule has 0 bridgehead atoms. The summed E-state index contributed by atoms with van der Waals surface area (Å²) in [6, 6.07) is 9.32. The number of carbonyl (C=O) groups excluding carboxylic acids is 1. The van der Waals surface area contributed by atoms with Crippen LogP contribution < -0.4 is 9.47 Å². The fourth-order valence-corrected chi connectivity index (χ4v) is 2.11. The van der Waals surface area contributed by atoms with Gasteiger partial charge in [-0.1, -0.05) is 12.1 Å². The van der Waals surface area contributed by atoms with E-state index in [0.29, 0.717) is 34.5 Å². The Hall–Kier alpha value is -2.89. The van der Waals surface area contributed by atoms with Crippen molar-refractivity contribution >= 4 is 12.0 Å². The molecule has 6 heteroatoms. The molecule has 0 heterocycles. The van der Waals surface area contributed by atoms with Crippen molar-refractivity contribution in [1.82, 2.24) is 0 Å². The van der Waals surface area contributed by atoms with Gasteiger partial charge in [0.2, 0.25) is 0 Å². The molecule has 0 saturated carbocycles. The number of nitro benzene ring substituents is 1. The first-order valence-corrected chi connectivity index (χ1v) is 6.07. The molecule has 0 unspecified atom stereocenters. The van der Waals surface area contributed by atoms with Crippen LogP contribution in [0, 0.1) is 10.1 Å². The predicted octanol–water partition coefficient (Wildman–Crippen LogP) is 3.09. The molecule has 0 saturated heterocycles. The van der Waals surface area contributed by atoms with Gasteiger partial charge in [0.15, 0.2) is 11.5 Å². The highest BCUT2D eigenvalue weighted by Crippen LogP contribution is 2.42. The molecule has 0 spiro atoms. The zero-order valence-corrected chi connectivity index (χ0v) is 11.5. The van der Waals surface area contributed by atoms with Gasteiger partial charge in [-0.05, 0) is 18.2 Å². The molecule has 108 valence electrons. The quantitative estimate of drug-likeness (QED) is 0.479. The number of para-hydroxylation sites is 1. The number of aldehydes is 1. The second-order valence-corrected chi connectivity index (χ2v) is 4.20. The standard InChI is InChI=1S/C15H13NO5/c1-20-14-8-10(9-17)7-12(15(14)21-2)11-5-3-4-6-13(11)16(18)19/h3-9H,1-2H3. The molecule has 0 atom stereocenters. The van der Waals surface area contributed by atoms with E-state index >= 15 is 0 Å². The van der Waals surface area contributed by atoms with Crippen molar-refractivity contribution in [1.29, 1.82) is 0 Å². The highest BCUT2D eigenvalue weighted by atomic mass is 16.6. The number of nitro groups is 1. The summed E-state index contributed by atoms with van der Waals surface area (Å²) in [4.78, 5) is 21.7. The van der Waals surface area contributed by atoms with Gasteiger partial charge in [-0.2, -0.15) is 0 Å². The van der Waals surface area contributed by atoms with E-state index in [2.05, 4.69) is 0 Å². The van der Waals surface area contributed by atoms with Crippen molar-refractivity contribution < 1.29 is 19.2 Å². The van der Waals surface area contributed by atoms with Crippen molar-refractivity contribution in [2.75, 3.05) is 14.2 Å². The average Bonchev–Trinajstić information content (AvgIpc) is 2.53. The first-order chi connectivity index (χ1) is 10.1. The lowest BCUT2D eigenvalue weighted by Crippen LogP contribution is -1.98. The second-order valence-electron chi connectivity index (χ2n) is 4.20. The van der Waals surface area contributed by atoms with Crippen LogP contribution in [0.2, 0.25) is 0 Å². The smallest absolute Gasteiger partial charge is 0.277 e. The summed E-state index contributed by atoms with van der Waals surface area (Å²) in [6.45, 7) is 0. The van der Waals surface area contributed by atoms with E-state index in [4.69, 9.17) is 9.47 Å². The molecule has 0 aliphatic rings. The Morgan fingerprint density at radius 2 is 1.81 bits per heavy atom. The topological polar surface area (TPSA) is 78.7 Å². The molecule has 2 aromatic rings. The summed E-state index contributed by atoms with van der Waals surface area (Å²) >= 11 is 0. The van der Waals surface area contributed by atoms with Crippen molar-refractivity contribution in [2.24, 2.45) is 0 Å². The average molecular weight is 287 g/mol. The summed E-state index contributed by atoms with van der Waals surface area (Å²) in [5, 5.41) is 11.2. The van der Waals surface area contributed by atoms with Crippen LogP contribution in [0.3, 0.4) is 0 Å². The number of benzene rings is 2. The molecule has 2 rings (SSSR count). The Morgan fingerprint density at radius 1 is 1.10 bits per heavy atom. The number of hydrogen-bond donors (Lipinski definition) is 0. The monoisotopic (exact) mass is 287 g/mol. The Morgan fingerprint density at radius 3 is 2.38 bits per heavy atom. The lowest BCUT2D eigenvalue weighted by molar-refractivity contribution is -0.384.